The maximum Gasteiger partial charge on any atom is 0.141 e. The van der Waals surface area contributed by atoms with Crippen LogP contribution in [0.4, 0.5) is 4.39 Å². The van der Waals surface area contributed by atoms with Crippen molar-refractivity contribution < 1.29 is 9.50 Å². The van der Waals surface area contributed by atoms with E-state index in [2.05, 4.69) is 10.3 Å². The van der Waals surface area contributed by atoms with Gasteiger partial charge in [0.05, 0.1) is 17.5 Å². The highest BCUT2D eigenvalue weighted by atomic mass is 19.1. The first kappa shape index (κ1) is 14.1. The SMILES string of the molecule is CCC(O)(CC)CNC(C)c1ccc(F)cn1. The Morgan fingerprint density at radius 2 is 2.06 bits per heavy atom. The van der Waals surface area contributed by atoms with Gasteiger partial charge in [-0.2, -0.15) is 0 Å². The molecular formula is C13H21FN2O. The molecule has 1 unspecified atom stereocenters. The maximum absolute atomic E-state index is 12.7. The maximum atomic E-state index is 12.7. The molecule has 1 aromatic heterocycles. The van der Waals surface area contributed by atoms with Crippen molar-refractivity contribution in [3.05, 3.63) is 29.8 Å². The van der Waals surface area contributed by atoms with Gasteiger partial charge in [0, 0.05) is 12.6 Å². The van der Waals surface area contributed by atoms with Crippen LogP contribution in [0, 0.1) is 5.82 Å². The van der Waals surface area contributed by atoms with E-state index in [4.69, 9.17) is 0 Å². The average Bonchev–Trinajstić information content (AvgIpc) is 2.36. The van der Waals surface area contributed by atoms with Crippen molar-refractivity contribution in [1.29, 1.82) is 0 Å². The van der Waals surface area contributed by atoms with Crippen LogP contribution in [0.15, 0.2) is 18.3 Å². The fourth-order valence-electron chi connectivity index (χ4n) is 1.59. The average molecular weight is 240 g/mol. The van der Waals surface area contributed by atoms with Crippen LogP contribution in [0.3, 0.4) is 0 Å². The number of rotatable bonds is 6. The van der Waals surface area contributed by atoms with Crippen molar-refractivity contribution in [2.24, 2.45) is 0 Å². The standard InChI is InChI=1S/C13H21FN2O/c1-4-13(17,5-2)9-16-10(3)12-7-6-11(14)8-15-12/h6-8,10,16-17H,4-5,9H2,1-3H3. The second-order valence-electron chi connectivity index (χ2n) is 4.44. The van der Waals surface area contributed by atoms with Crippen LogP contribution in [-0.4, -0.2) is 22.2 Å². The zero-order chi connectivity index (χ0) is 12.9. The van der Waals surface area contributed by atoms with Crippen LogP contribution in [0.25, 0.3) is 0 Å². The normalized spacial score (nSPS) is 13.7. The van der Waals surface area contributed by atoms with Gasteiger partial charge < -0.3 is 10.4 Å². The van der Waals surface area contributed by atoms with E-state index >= 15 is 0 Å². The largest absolute Gasteiger partial charge is 0.389 e. The van der Waals surface area contributed by atoms with Crippen molar-refractivity contribution in [2.75, 3.05) is 6.54 Å². The van der Waals surface area contributed by atoms with Gasteiger partial charge in [0.1, 0.15) is 5.82 Å². The van der Waals surface area contributed by atoms with E-state index in [0.29, 0.717) is 19.4 Å². The Bertz CT molecular complexity index is 336. The smallest absolute Gasteiger partial charge is 0.141 e. The van der Waals surface area contributed by atoms with Gasteiger partial charge in [0.2, 0.25) is 0 Å². The Morgan fingerprint density at radius 3 is 2.53 bits per heavy atom. The highest BCUT2D eigenvalue weighted by molar-refractivity contribution is 5.09. The first-order valence-corrected chi connectivity index (χ1v) is 6.08. The van der Waals surface area contributed by atoms with Crippen LogP contribution in [0.2, 0.25) is 0 Å². The second kappa shape index (κ2) is 6.07. The highest BCUT2D eigenvalue weighted by Crippen LogP contribution is 2.16. The number of pyridine rings is 1. The summed E-state index contributed by atoms with van der Waals surface area (Å²) in [7, 11) is 0. The number of hydrogen-bond acceptors (Lipinski definition) is 3. The molecule has 0 amide bonds. The highest BCUT2D eigenvalue weighted by Gasteiger charge is 2.22. The molecule has 0 aliphatic carbocycles. The molecule has 0 aliphatic rings. The fraction of sp³-hybridized carbons (Fsp3) is 0.615. The van der Waals surface area contributed by atoms with Gasteiger partial charge in [-0.1, -0.05) is 13.8 Å². The molecule has 0 spiro atoms. The summed E-state index contributed by atoms with van der Waals surface area (Å²) in [5, 5.41) is 13.4. The number of aromatic nitrogens is 1. The van der Waals surface area contributed by atoms with Gasteiger partial charge in [-0.25, -0.2) is 4.39 Å². The Kier molecular flexibility index (Phi) is 5.02. The fourth-order valence-corrected chi connectivity index (χ4v) is 1.59. The van der Waals surface area contributed by atoms with Gasteiger partial charge >= 0.3 is 0 Å². The number of nitrogens with zero attached hydrogens (tertiary/aromatic N) is 1. The Hall–Kier alpha value is -1.00. The summed E-state index contributed by atoms with van der Waals surface area (Å²) < 4.78 is 12.7. The first-order chi connectivity index (χ1) is 8.00. The third kappa shape index (κ3) is 4.06. The molecule has 2 N–H and O–H groups in total. The Morgan fingerprint density at radius 1 is 1.41 bits per heavy atom. The number of nitrogens with one attached hydrogen (secondary N) is 1. The van der Waals surface area contributed by atoms with Crippen molar-refractivity contribution in [3.63, 3.8) is 0 Å². The summed E-state index contributed by atoms with van der Waals surface area (Å²) in [6.07, 6.45) is 2.62. The summed E-state index contributed by atoms with van der Waals surface area (Å²) in [5.74, 6) is -0.334. The molecule has 3 nitrogen and oxygen atoms in total. The summed E-state index contributed by atoms with van der Waals surface area (Å²) in [6, 6.07) is 3.05. The number of aliphatic hydroxyl groups is 1. The third-order valence-corrected chi connectivity index (χ3v) is 3.25. The minimum Gasteiger partial charge on any atom is -0.389 e. The van der Waals surface area contributed by atoms with E-state index in [1.807, 2.05) is 20.8 Å². The molecular weight excluding hydrogens is 219 g/mol. The van der Waals surface area contributed by atoms with E-state index in [0.717, 1.165) is 5.69 Å². The van der Waals surface area contributed by atoms with E-state index in [9.17, 15) is 9.50 Å². The minimum atomic E-state index is -0.672. The van der Waals surface area contributed by atoms with Crippen LogP contribution in [-0.2, 0) is 0 Å². The lowest BCUT2D eigenvalue weighted by Gasteiger charge is -2.27. The topological polar surface area (TPSA) is 45.1 Å². The van der Waals surface area contributed by atoms with E-state index < -0.39 is 5.60 Å². The molecule has 0 saturated heterocycles. The lowest BCUT2D eigenvalue weighted by atomic mass is 9.97. The van der Waals surface area contributed by atoms with E-state index in [1.165, 1.54) is 12.3 Å². The number of hydrogen-bond donors (Lipinski definition) is 2. The molecule has 0 fully saturated rings. The molecule has 1 rings (SSSR count). The summed E-state index contributed by atoms with van der Waals surface area (Å²) in [5.41, 5.74) is 0.106. The molecule has 96 valence electrons. The van der Waals surface area contributed by atoms with Crippen LogP contribution < -0.4 is 5.32 Å². The predicted molar refractivity (Wildman–Crippen MR) is 66.1 cm³/mol. The van der Waals surface area contributed by atoms with Crippen LogP contribution in [0.5, 0.6) is 0 Å². The van der Waals surface area contributed by atoms with E-state index in [1.54, 1.807) is 6.07 Å². The van der Waals surface area contributed by atoms with Crippen LogP contribution in [0.1, 0.15) is 45.3 Å². The number of halogens is 1. The van der Waals surface area contributed by atoms with Crippen LogP contribution >= 0.6 is 0 Å². The molecule has 17 heavy (non-hydrogen) atoms. The van der Waals surface area contributed by atoms with Gasteiger partial charge in [0.15, 0.2) is 0 Å². The van der Waals surface area contributed by atoms with Gasteiger partial charge in [-0.15, -0.1) is 0 Å². The minimum absolute atomic E-state index is 0.000208. The molecule has 4 heteroatoms. The van der Waals surface area contributed by atoms with Gasteiger partial charge in [-0.05, 0) is 31.9 Å². The molecule has 1 heterocycles. The van der Waals surface area contributed by atoms with Gasteiger partial charge in [0.25, 0.3) is 0 Å². The quantitative estimate of drug-likeness (QED) is 0.802. The first-order valence-electron chi connectivity index (χ1n) is 6.08. The van der Waals surface area contributed by atoms with Crippen molar-refractivity contribution in [3.8, 4) is 0 Å². The van der Waals surface area contributed by atoms with Crippen molar-refractivity contribution >= 4 is 0 Å². The molecule has 0 aliphatic heterocycles. The monoisotopic (exact) mass is 240 g/mol. The lowest BCUT2D eigenvalue weighted by molar-refractivity contribution is 0.0302. The Labute approximate surface area is 102 Å². The molecule has 0 saturated carbocycles. The van der Waals surface area contributed by atoms with Crippen molar-refractivity contribution in [2.45, 2.75) is 45.3 Å². The third-order valence-electron chi connectivity index (χ3n) is 3.25. The van der Waals surface area contributed by atoms with E-state index in [-0.39, 0.29) is 11.9 Å². The second-order valence-corrected chi connectivity index (χ2v) is 4.44. The summed E-state index contributed by atoms with van der Waals surface area (Å²) in [6.45, 7) is 6.39. The van der Waals surface area contributed by atoms with Gasteiger partial charge in [-0.3, -0.25) is 4.98 Å². The molecule has 1 aromatic rings. The Balaban J connectivity index is 2.55. The summed E-state index contributed by atoms with van der Waals surface area (Å²) >= 11 is 0. The summed E-state index contributed by atoms with van der Waals surface area (Å²) in [4.78, 5) is 4.01. The molecule has 1 atom stereocenters. The molecule has 0 radical (unpaired) electrons. The lowest BCUT2D eigenvalue weighted by Crippen LogP contribution is -2.40. The molecule has 0 aromatic carbocycles. The molecule has 0 bridgehead atoms. The van der Waals surface area contributed by atoms with Crippen molar-refractivity contribution in [1.82, 2.24) is 10.3 Å². The predicted octanol–water partition coefficient (Wildman–Crippen LogP) is 2.42. The zero-order valence-electron chi connectivity index (χ0n) is 10.7. The zero-order valence-corrected chi connectivity index (χ0v) is 10.7.